The maximum atomic E-state index is 12.7. The highest BCUT2D eigenvalue weighted by Crippen LogP contribution is 2.29. The van der Waals surface area contributed by atoms with Crippen LogP contribution in [0.5, 0.6) is 0 Å². The fourth-order valence-electron chi connectivity index (χ4n) is 3.22. The van der Waals surface area contributed by atoms with Crippen molar-refractivity contribution < 1.29 is 19.1 Å². The Labute approximate surface area is 143 Å². The largest absolute Gasteiger partial charge is 0.462 e. The van der Waals surface area contributed by atoms with Crippen LogP contribution in [-0.4, -0.2) is 73.0 Å². The van der Waals surface area contributed by atoms with Crippen LogP contribution in [0.2, 0.25) is 0 Å². The molecule has 7 heteroatoms. The normalized spacial score (nSPS) is 27.2. The van der Waals surface area contributed by atoms with Crippen LogP contribution in [0.1, 0.15) is 27.7 Å². The van der Waals surface area contributed by atoms with Gasteiger partial charge in [-0.05, 0) is 14.0 Å². The summed E-state index contributed by atoms with van der Waals surface area (Å²) in [5, 5.41) is 2.82. The number of hydrogen-bond acceptors (Lipinski definition) is 5. The molecule has 2 heterocycles. The van der Waals surface area contributed by atoms with E-state index < -0.39 is 12.0 Å². The molecule has 2 fully saturated rings. The minimum atomic E-state index is -0.526. The molecule has 0 aromatic rings. The molecule has 0 unspecified atom stereocenters. The predicted octanol–water partition coefficient (Wildman–Crippen LogP) is 0.0988. The topological polar surface area (TPSA) is 78.9 Å². The van der Waals surface area contributed by atoms with Crippen molar-refractivity contribution in [1.82, 2.24) is 15.1 Å². The number of ether oxygens (including phenoxy) is 1. The standard InChI is InChI=1S/C17H29N3O4/c1-10(2)17(23)24-12(4)13-14(18-15(13)21)11(3)16(22)20-8-6-19(5)7-9-20/h10-14H,6-9H2,1-5H3,(H,18,21)/t11-,12-,13-,14-/m1/s1. The van der Waals surface area contributed by atoms with Gasteiger partial charge in [-0.3, -0.25) is 14.4 Å². The molecule has 2 aliphatic rings. The smallest absolute Gasteiger partial charge is 0.308 e. The number of esters is 1. The van der Waals surface area contributed by atoms with Crippen molar-refractivity contribution in [2.45, 2.75) is 39.8 Å². The first-order valence-corrected chi connectivity index (χ1v) is 8.70. The SMILES string of the molecule is CC(C)C(=O)O[C@H](C)[C@H]1C(=O)N[C@@H]1[C@@H](C)C(=O)N1CCN(C)CC1. The molecular formula is C17H29N3O4. The molecule has 0 aliphatic carbocycles. The van der Waals surface area contributed by atoms with Crippen LogP contribution in [-0.2, 0) is 19.1 Å². The second-order valence-corrected chi connectivity index (χ2v) is 7.27. The summed E-state index contributed by atoms with van der Waals surface area (Å²) in [7, 11) is 2.04. The van der Waals surface area contributed by atoms with Gasteiger partial charge in [-0.15, -0.1) is 0 Å². The van der Waals surface area contributed by atoms with Gasteiger partial charge < -0.3 is 19.9 Å². The Hall–Kier alpha value is -1.63. The fraction of sp³-hybridized carbons (Fsp3) is 0.824. The summed E-state index contributed by atoms with van der Waals surface area (Å²) in [4.78, 5) is 40.4. The number of carbonyl (C=O) groups excluding carboxylic acids is 3. The van der Waals surface area contributed by atoms with Crippen LogP contribution in [0.15, 0.2) is 0 Å². The Morgan fingerprint density at radius 2 is 1.71 bits per heavy atom. The highest BCUT2D eigenvalue weighted by atomic mass is 16.5. The van der Waals surface area contributed by atoms with E-state index >= 15 is 0 Å². The first kappa shape index (κ1) is 18.7. The zero-order valence-electron chi connectivity index (χ0n) is 15.2. The van der Waals surface area contributed by atoms with Crippen molar-refractivity contribution in [2.24, 2.45) is 17.8 Å². The van der Waals surface area contributed by atoms with Crippen molar-refractivity contribution in [1.29, 1.82) is 0 Å². The van der Waals surface area contributed by atoms with E-state index in [0.29, 0.717) is 13.1 Å². The number of likely N-dealkylation sites (N-methyl/N-ethyl adjacent to an activating group) is 1. The van der Waals surface area contributed by atoms with Crippen LogP contribution in [0.25, 0.3) is 0 Å². The minimum absolute atomic E-state index is 0.0560. The number of piperazine rings is 1. The van der Waals surface area contributed by atoms with E-state index in [2.05, 4.69) is 10.2 Å². The highest BCUT2D eigenvalue weighted by Gasteiger charge is 2.49. The highest BCUT2D eigenvalue weighted by molar-refractivity contribution is 5.90. The molecule has 2 rings (SSSR count). The van der Waals surface area contributed by atoms with E-state index in [1.54, 1.807) is 20.8 Å². The van der Waals surface area contributed by atoms with Gasteiger partial charge in [-0.2, -0.15) is 0 Å². The molecule has 0 radical (unpaired) electrons. The quantitative estimate of drug-likeness (QED) is 0.568. The predicted molar refractivity (Wildman–Crippen MR) is 89.1 cm³/mol. The lowest BCUT2D eigenvalue weighted by Gasteiger charge is -2.44. The molecule has 1 N–H and O–H groups in total. The van der Waals surface area contributed by atoms with E-state index in [4.69, 9.17) is 4.74 Å². The van der Waals surface area contributed by atoms with E-state index in [-0.39, 0.29) is 35.7 Å². The molecule has 24 heavy (non-hydrogen) atoms. The van der Waals surface area contributed by atoms with E-state index in [1.165, 1.54) is 0 Å². The van der Waals surface area contributed by atoms with Crippen LogP contribution >= 0.6 is 0 Å². The summed E-state index contributed by atoms with van der Waals surface area (Å²) < 4.78 is 5.37. The summed E-state index contributed by atoms with van der Waals surface area (Å²) in [6.07, 6.45) is -0.526. The summed E-state index contributed by atoms with van der Waals surface area (Å²) >= 11 is 0. The van der Waals surface area contributed by atoms with E-state index in [0.717, 1.165) is 13.1 Å². The average molecular weight is 339 g/mol. The van der Waals surface area contributed by atoms with Crippen molar-refractivity contribution >= 4 is 17.8 Å². The van der Waals surface area contributed by atoms with Crippen molar-refractivity contribution in [3.05, 3.63) is 0 Å². The lowest BCUT2D eigenvalue weighted by molar-refractivity contribution is -0.163. The summed E-state index contributed by atoms with van der Waals surface area (Å²) in [6, 6.07) is -0.278. The Balaban J connectivity index is 1.96. The Morgan fingerprint density at radius 1 is 1.12 bits per heavy atom. The fourth-order valence-corrected chi connectivity index (χ4v) is 3.22. The third-order valence-corrected chi connectivity index (χ3v) is 5.02. The van der Waals surface area contributed by atoms with Gasteiger partial charge >= 0.3 is 5.97 Å². The van der Waals surface area contributed by atoms with Crippen molar-refractivity contribution in [2.75, 3.05) is 33.2 Å². The molecule has 0 aromatic carbocycles. The summed E-state index contributed by atoms with van der Waals surface area (Å²) in [6.45, 7) is 10.2. The van der Waals surface area contributed by atoms with Gasteiger partial charge in [0.05, 0.1) is 23.8 Å². The zero-order chi connectivity index (χ0) is 18.0. The number of nitrogens with zero attached hydrogens (tertiary/aromatic N) is 2. The van der Waals surface area contributed by atoms with Gasteiger partial charge in [0.15, 0.2) is 0 Å². The Morgan fingerprint density at radius 3 is 2.21 bits per heavy atom. The number of β-lactam (4-membered cyclic amide) rings is 1. The lowest BCUT2D eigenvalue weighted by Crippen LogP contribution is -2.67. The van der Waals surface area contributed by atoms with Crippen molar-refractivity contribution in [3.8, 4) is 0 Å². The average Bonchev–Trinajstić information content (AvgIpc) is 2.51. The van der Waals surface area contributed by atoms with Crippen LogP contribution < -0.4 is 5.32 Å². The molecular weight excluding hydrogens is 310 g/mol. The zero-order valence-corrected chi connectivity index (χ0v) is 15.2. The van der Waals surface area contributed by atoms with Crippen LogP contribution in [0, 0.1) is 17.8 Å². The number of hydrogen-bond donors (Lipinski definition) is 1. The Bertz CT molecular complexity index is 500. The summed E-state index contributed by atoms with van der Waals surface area (Å²) in [5.41, 5.74) is 0. The number of nitrogens with one attached hydrogen (secondary N) is 1. The van der Waals surface area contributed by atoms with Crippen LogP contribution in [0.4, 0.5) is 0 Å². The molecule has 136 valence electrons. The van der Waals surface area contributed by atoms with Crippen LogP contribution in [0.3, 0.4) is 0 Å². The van der Waals surface area contributed by atoms with Gasteiger partial charge in [0.25, 0.3) is 0 Å². The van der Waals surface area contributed by atoms with Gasteiger partial charge in [-0.25, -0.2) is 0 Å². The van der Waals surface area contributed by atoms with Gasteiger partial charge in [0.2, 0.25) is 11.8 Å². The van der Waals surface area contributed by atoms with E-state index in [9.17, 15) is 14.4 Å². The van der Waals surface area contributed by atoms with Crippen molar-refractivity contribution in [3.63, 3.8) is 0 Å². The molecule has 2 amide bonds. The second kappa shape index (κ2) is 7.51. The Kier molecular flexibility index (Phi) is 5.85. The lowest BCUT2D eigenvalue weighted by atomic mass is 9.78. The molecule has 0 aromatic heterocycles. The van der Waals surface area contributed by atoms with Gasteiger partial charge in [-0.1, -0.05) is 20.8 Å². The van der Waals surface area contributed by atoms with E-state index in [1.807, 2.05) is 18.9 Å². The van der Waals surface area contributed by atoms with Gasteiger partial charge in [0, 0.05) is 26.2 Å². The first-order chi connectivity index (χ1) is 11.2. The molecule has 4 atom stereocenters. The third kappa shape index (κ3) is 3.88. The molecule has 7 nitrogen and oxygen atoms in total. The molecule has 2 aliphatic heterocycles. The molecule has 0 spiro atoms. The summed E-state index contributed by atoms with van der Waals surface area (Å²) in [5.74, 6) is -1.43. The van der Waals surface area contributed by atoms with Gasteiger partial charge in [0.1, 0.15) is 6.10 Å². The second-order valence-electron chi connectivity index (χ2n) is 7.27. The number of amides is 2. The molecule has 2 saturated heterocycles. The minimum Gasteiger partial charge on any atom is -0.462 e. The maximum absolute atomic E-state index is 12.7. The monoisotopic (exact) mass is 339 g/mol. The number of rotatable bonds is 5. The molecule has 0 saturated carbocycles. The maximum Gasteiger partial charge on any atom is 0.308 e. The molecule has 0 bridgehead atoms. The number of carbonyl (C=O) groups is 3. The first-order valence-electron chi connectivity index (χ1n) is 8.70. The third-order valence-electron chi connectivity index (χ3n) is 5.02.